The molecule has 0 spiro atoms. The zero-order chi connectivity index (χ0) is 10.7. The van der Waals surface area contributed by atoms with Gasteiger partial charge in [0.1, 0.15) is 24.7 Å². The molecule has 0 saturated heterocycles. The van der Waals surface area contributed by atoms with Gasteiger partial charge in [0, 0.05) is 0 Å². The molecule has 0 aliphatic carbocycles. The number of hydrogen-bond donors (Lipinski definition) is 0. The van der Waals surface area contributed by atoms with Gasteiger partial charge in [0.25, 0.3) is 0 Å². The summed E-state index contributed by atoms with van der Waals surface area (Å²) in [6, 6.07) is 8.12. The van der Waals surface area contributed by atoms with Crippen molar-refractivity contribution in [1.82, 2.24) is 4.57 Å². The summed E-state index contributed by atoms with van der Waals surface area (Å²) in [4.78, 5) is 0. The Kier molecular flexibility index (Phi) is 2.72. The number of aryl methyl sites for hydroxylation is 1. The maximum absolute atomic E-state index is 5.18. The van der Waals surface area contributed by atoms with E-state index in [1.807, 2.05) is 29.9 Å². The second-order valence-electron chi connectivity index (χ2n) is 3.60. The summed E-state index contributed by atoms with van der Waals surface area (Å²) in [7, 11) is 3.71. The molecule has 0 saturated carbocycles. The Morgan fingerprint density at radius 3 is 2.93 bits per heavy atom. The molecule has 0 N–H and O–H groups in total. The van der Waals surface area contributed by atoms with Crippen LogP contribution >= 0.6 is 0 Å². The topological polar surface area (TPSA) is 18.0 Å². The normalized spacial score (nSPS) is 10.3. The number of imidazole rings is 1. The number of ether oxygens (including phenoxy) is 1. The molecule has 0 aliphatic heterocycles. The van der Waals surface area contributed by atoms with E-state index in [-0.39, 0.29) is 0 Å². The molecule has 0 fully saturated rings. The highest BCUT2D eigenvalue weighted by Gasteiger charge is 2.02. The number of rotatable bonds is 3. The van der Waals surface area contributed by atoms with E-state index in [1.165, 1.54) is 5.56 Å². The Balaban J connectivity index is 2.16. The fourth-order valence-electron chi connectivity index (χ4n) is 1.58. The smallest absolute Gasteiger partial charge is 0.243 e. The minimum absolute atomic E-state index is 0.873. The van der Waals surface area contributed by atoms with Crippen LogP contribution in [0.15, 0.2) is 43.0 Å². The van der Waals surface area contributed by atoms with Crippen LogP contribution in [0.1, 0.15) is 5.56 Å². The van der Waals surface area contributed by atoms with Gasteiger partial charge in [-0.2, -0.15) is 0 Å². The summed E-state index contributed by atoms with van der Waals surface area (Å²) in [6.07, 6.45) is 6.14. The third-order valence-corrected chi connectivity index (χ3v) is 2.32. The van der Waals surface area contributed by atoms with Crippen molar-refractivity contribution < 1.29 is 9.30 Å². The van der Waals surface area contributed by atoms with Crippen LogP contribution in [0.3, 0.4) is 0 Å². The van der Waals surface area contributed by atoms with Gasteiger partial charge in [0.2, 0.25) is 6.33 Å². The van der Waals surface area contributed by atoms with Gasteiger partial charge in [-0.1, -0.05) is 12.1 Å². The predicted molar refractivity (Wildman–Crippen MR) is 57.7 cm³/mol. The molecule has 1 aromatic heterocycles. The first-order valence-corrected chi connectivity index (χ1v) is 4.92. The third kappa shape index (κ3) is 2.37. The van der Waals surface area contributed by atoms with E-state index < -0.39 is 0 Å². The average Bonchev–Trinajstić information content (AvgIpc) is 2.64. The largest absolute Gasteiger partial charge is 0.497 e. The summed E-state index contributed by atoms with van der Waals surface area (Å²) in [6.45, 7) is 0.873. The highest BCUT2D eigenvalue weighted by atomic mass is 16.5. The molecule has 3 heteroatoms. The number of hydrogen-bond acceptors (Lipinski definition) is 1. The molecular formula is C12H15N2O+. The lowest BCUT2D eigenvalue weighted by molar-refractivity contribution is -0.671. The summed E-state index contributed by atoms with van der Waals surface area (Å²) >= 11 is 0. The van der Waals surface area contributed by atoms with Crippen LogP contribution in [0.25, 0.3) is 0 Å². The average molecular weight is 203 g/mol. The lowest BCUT2D eigenvalue weighted by Crippen LogP contribution is -2.23. The first-order valence-electron chi connectivity index (χ1n) is 4.92. The molecule has 1 aromatic carbocycles. The van der Waals surface area contributed by atoms with Crippen molar-refractivity contribution in [2.75, 3.05) is 7.11 Å². The fraction of sp³-hybridized carbons (Fsp3) is 0.250. The van der Waals surface area contributed by atoms with Gasteiger partial charge in [-0.25, -0.2) is 9.13 Å². The van der Waals surface area contributed by atoms with Crippen molar-refractivity contribution in [3.8, 4) is 5.75 Å². The summed E-state index contributed by atoms with van der Waals surface area (Å²) in [5, 5.41) is 0. The van der Waals surface area contributed by atoms with E-state index >= 15 is 0 Å². The second-order valence-corrected chi connectivity index (χ2v) is 3.60. The van der Waals surface area contributed by atoms with Gasteiger partial charge in [-0.15, -0.1) is 0 Å². The molecule has 0 radical (unpaired) electrons. The molecule has 3 nitrogen and oxygen atoms in total. The molecule has 0 amide bonds. The Hall–Kier alpha value is -1.77. The molecule has 78 valence electrons. The standard InChI is InChI=1S/C12H15N2O/c1-13-6-7-14(10-13)9-11-4-3-5-12(8-11)15-2/h3-8,10H,9H2,1-2H3/q+1. The molecule has 15 heavy (non-hydrogen) atoms. The van der Waals surface area contributed by atoms with Gasteiger partial charge in [0.15, 0.2) is 0 Å². The Morgan fingerprint density at radius 2 is 2.27 bits per heavy atom. The first kappa shape index (κ1) is 9.77. The summed E-state index contributed by atoms with van der Waals surface area (Å²) in [5.41, 5.74) is 1.24. The van der Waals surface area contributed by atoms with Crippen molar-refractivity contribution in [1.29, 1.82) is 0 Å². The number of nitrogens with zero attached hydrogens (tertiary/aromatic N) is 2. The monoisotopic (exact) mass is 203 g/mol. The number of aromatic nitrogens is 2. The lowest BCUT2D eigenvalue weighted by atomic mass is 10.2. The lowest BCUT2D eigenvalue weighted by Gasteiger charge is -2.01. The Labute approximate surface area is 89.5 Å². The van der Waals surface area contributed by atoms with Crippen LogP contribution in [-0.2, 0) is 13.6 Å². The third-order valence-electron chi connectivity index (χ3n) is 2.32. The van der Waals surface area contributed by atoms with Crippen LogP contribution in [0.2, 0.25) is 0 Å². The quantitative estimate of drug-likeness (QED) is 0.689. The molecule has 1 heterocycles. The number of benzene rings is 1. The van der Waals surface area contributed by atoms with E-state index in [0.29, 0.717) is 0 Å². The van der Waals surface area contributed by atoms with Crippen LogP contribution < -0.4 is 9.30 Å². The van der Waals surface area contributed by atoms with E-state index in [4.69, 9.17) is 4.74 Å². The minimum Gasteiger partial charge on any atom is -0.497 e. The maximum Gasteiger partial charge on any atom is 0.243 e. The fourth-order valence-corrected chi connectivity index (χ4v) is 1.58. The molecule has 2 aromatic rings. The van der Waals surface area contributed by atoms with Crippen molar-refractivity contribution >= 4 is 0 Å². The van der Waals surface area contributed by atoms with Crippen LogP contribution in [0, 0.1) is 0 Å². The van der Waals surface area contributed by atoms with Gasteiger partial charge < -0.3 is 4.74 Å². The van der Waals surface area contributed by atoms with Crippen molar-refractivity contribution in [3.63, 3.8) is 0 Å². The van der Waals surface area contributed by atoms with Gasteiger partial charge in [0.05, 0.1) is 14.2 Å². The zero-order valence-corrected chi connectivity index (χ0v) is 9.05. The second kappa shape index (κ2) is 4.17. The van der Waals surface area contributed by atoms with Crippen LogP contribution in [-0.4, -0.2) is 11.7 Å². The predicted octanol–water partition coefficient (Wildman–Crippen LogP) is 1.37. The minimum atomic E-state index is 0.873. The Morgan fingerprint density at radius 1 is 1.40 bits per heavy atom. The van der Waals surface area contributed by atoms with Crippen molar-refractivity contribution in [3.05, 3.63) is 48.5 Å². The van der Waals surface area contributed by atoms with E-state index in [0.717, 1.165) is 12.3 Å². The highest BCUT2D eigenvalue weighted by Crippen LogP contribution is 2.13. The van der Waals surface area contributed by atoms with Crippen molar-refractivity contribution in [2.24, 2.45) is 7.05 Å². The SMILES string of the molecule is COc1cccc(Cn2cc[n+](C)c2)c1. The molecular weight excluding hydrogens is 188 g/mol. The van der Waals surface area contributed by atoms with E-state index in [1.54, 1.807) is 7.11 Å². The highest BCUT2D eigenvalue weighted by molar-refractivity contribution is 5.28. The summed E-state index contributed by atoms with van der Waals surface area (Å²) in [5.74, 6) is 0.907. The van der Waals surface area contributed by atoms with Crippen LogP contribution in [0.4, 0.5) is 0 Å². The van der Waals surface area contributed by atoms with Crippen molar-refractivity contribution in [2.45, 2.75) is 6.54 Å². The molecule has 0 atom stereocenters. The number of methoxy groups -OCH3 is 1. The van der Waals surface area contributed by atoms with Crippen LogP contribution in [0.5, 0.6) is 5.75 Å². The maximum atomic E-state index is 5.18. The van der Waals surface area contributed by atoms with E-state index in [9.17, 15) is 0 Å². The first-order chi connectivity index (χ1) is 7.28. The van der Waals surface area contributed by atoms with Gasteiger partial charge >= 0.3 is 0 Å². The summed E-state index contributed by atoms with van der Waals surface area (Å²) < 4.78 is 9.34. The van der Waals surface area contributed by atoms with Gasteiger partial charge in [-0.3, -0.25) is 0 Å². The van der Waals surface area contributed by atoms with E-state index in [2.05, 4.69) is 29.2 Å². The van der Waals surface area contributed by atoms with Gasteiger partial charge in [-0.05, 0) is 17.7 Å². The Bertz CT molecular complexity index is 448. The molecule has 2 rings (SSSR count). The zero-order valence-electron chi connectivity index (χ0n) is 9.05. The molecule has 0 bridgehead atoms. The molecule has 0 unspecified atom stereocenters. The molecule has 0 aliphatic rings.